The summed E-state index contributed by atoms with van der Waals surface area (Å²) in [6.07, 6.45) is 6.22. The lowest BCUT2D eigenvalue weighted by Crippen LogP contribution is -2.42. The average molecular weight is 366 g/mol. The topological polar surface area (TPSA) is 16.1 Å². The number of anilines is 1. The molecular formula is C12H15Br2FN2. The first-order valence-electron chi connectivity index (χ1n) is 5.86. The highest BCUT2D eigenvalue weighted by Crippen LogP contribution is 2.30. The fourth-order valence-corrected chi connectivity index (χ4v) is 2.56. The second-order valence-corrected chi connectivity index (χ2v) is 5.99. The van der Waals surface area contributed by atoms with E-state index in [1.165, 1.54) is 12.5 Å². The zero-order chi connectivity index (χ0) is 12.3. The second-order valence-electron chi connectivity index (χ2n) is 4.28. The highest BCUT2D eigenvalue weighted by atomic mass is 79.9. The Morgan fingerprint density at radius 3 is 2.76 bits per heavy atom. The van der Waals surface area contributed by atoms with E-state index in [4.69, 9.17) is 0 Å². The molecule has 0 N–H and O–H groups in total. The fourth-order valence-electron chi connectivity index (χ4n) is 2.01. The quantitative estimate of drug-likeness (QED) is 0.729. The van der Waals surface area contributed by atoms with Crippen LogP contribution in [-0.4, -0.2) is 22.9 Å². The zero-order valence-corrected chi connectivity index (χ0v) is 12.7. The van der Waals surface area contributed by atoms with E-state index in [1.807, 2.05) is 0 Å². The summed E-state index contributed by atoms with van der Waals surface area (Å²) in [6, 6.07) is 1.96. The molecule has 0 amide bonds. The van der Waals surface area contributed by atoms with Crippen molar-refractivity contribution in [2.45, 2.75) is 31.7 Å². The van der Waals surface area contributed by atoms with E-state index in [9.17, 15) is 4.39 Å². The lowest BCUT2D eigenvalue weighted by molar-refractivity contribution is 0.380. The lowest BCUT2D eigenvalue weighted by Gasteiger charge is -2.38. The monoisotopic (exact) mass is 364 g/mol. The molecule has 0 spiro atoms. The summed E-state index contributed by atoms with van der Waals surface area (Å²) in [4.78, 5) is 6.34. The number of alkyl halides is 1. The van der Waals surface area contributed by atoms with Gasteiger partial charge >= 0.3 is 0 Å². The van der Waals surface area contributed by atoms with E-state index in [0.717, 1.165) is 31.1 Å². The van der Waals surface area contributed by atoms with Gasteiger partial charge in [-0.1, -0.05) is 15.9 Å². The number of nitrogens with zero attached hydrogens (tertiary/aromatic N) is 2. The first kappa shape index (κ1) is 13.3. The van der Waals surface area contributed by atoms with Gasteiger partial charge in [-0.15, -0.1) is 0 Å². The van der Waals surface area contributed by atoms with Gasteiger partial charge in [0.25, 0.3) is 0 Å². The van der Waals surface area contributed by atoms with Crippen molar-refractivity contribution in [3.8, 4) is 0 Å². The van der Waals surface area contributed by atoms with Gasteiger partial charge in [-0.05, 0) is 47.7 Å². The van der Waals surface area contributed by atoms with Crippen LogP contribution in [0.2, 0.25) is 0 Å². The molecule has 1 aliphatic carbocycles. The Morgan fingerprint density at radius 2 is 2.24 bits per heavy atom. The molecule has 1 aromatic heterocycles. The summed E-state index contributed by atoms with van der Waals surface area (Å²) in [6.45, 7) is 0.863. The van der Waals surface area contributed by atoms with Crippen molar-refractivity contribution in [1.82, 2.24) is 4.98 Å². The van der Waals surface area contributed by atoms with E-state index >= 15 is 0 Å². The lowest BCUT2D eigenvalue weighted by atomic mass is 9.91. The molecule has 0 aromatic carbocycles. The molecule has 2 rings (SSSR count). The summed E-state index contributed by atoms with van der Waals surface area (Å²) in [5, 5.41) is 0.939. The number of hydrogen-bond acceptors (Lipinski definition) is 2. The van der Waals surface area contributed by atoms with Crippen LogP contribution >= 0.6 is 31.9 Å². The molecule has 1 aromatic rings. The highest BCUT2D eigenvalue weighted by molar-refractivity contribution is 9.10. The number of aromatic nitrogens is 1. The second kappa shape index (κ2) is 6.14. The van der Waals surface area contributed by atoms with Gasteiger partial charge in [0.15, 0.2) is 11.6 Å². The van der Waals surface area contributed by atoms with Crippen molar-refractivity contribution < 1.29 is 4.39 Å². The van der Waals surface area contributed by atoms with Crippen LogP contribution in [0.5, 0.6) is 0 Å². The molecule has 1 fully saturated rings. The molecular weight excluding hydrogens is 351 g/mol. The van der Waals surface area contributed by atoms with Gasteiger partial charge in [-0.2, -0.15) is 0 Å². The third kappa shape index (κ3) is 3.19. The molecule has 0 saturated heterocycles. The van der Waals surface area contributed by atoms with E-state index in [1.54, 1.807) is 6.20 Å². The van der Waals surface area contributed by atoms with Crippen molar-refractivity contribution in [3.05, 3.63) is 22.6 Å². The molecule has 0 unspecified atom stereocenters. The molecule has 2 nitrogen and oxygen atoms in total. The van der Waals surface area contributed by atoms with Crippen LogP contribution in [0, 0.1) is 5.82 Å². The third-order valence-corrected chi connectivity index (χ3v) is 4.10. The van der Waals surface area contributed by atoms with Gasteiger partial charge in [-0.25, -0.2) is 9.37 Å². The van der Waals surface area contributed by atoms with Crippen LogP contribution < -0.4 is 4.90 Å². The van der Waals surface area contributed by atoms with E-state index in [-0.39, 0.29) is 5.82 Å². The van der Waals surface area contributed by atoms with Crippen LogP contribution in [0.15, 0.2) is 16.7 Å². The van der Waals surface area contributed by atoms with Crippen LogP contribution in [0.25, 0.3) is 0 Å². The van der Waals surface area contributed by atoms with Crippen LogP contribution in [-0.2, 0) is 0 Å². The Morgan fingerprint density at radius 1 is 1.47 bits per heavy atom. The van der Waals surface area contributed by atoms with Crippen molar-refractivity contribution in [3.63, 3.8) is 0 Å². The zero-order valence-electron chi connectivity index (χ0n) is 9.50. The summed E-state index contributed by atoms with van der Waals surface area (Å²) in [5.74, 6) is 0.264. The number of halogens is 3. The Labute approximate surface area is 118 Å². The molecule has 1 heterocycles. The Hall–Kier alpha value is -0.160. The highest BCUT2D eigenvalue weighted by Gasteiger charge is 2.27. The van der Waals surface area contributed by atoms with Gasteiger partial charge in [0, 0.05) is 28.6 Å². The van der Waals surface area contributed by atoms with Crippen molar-refractivity contribution in [2.75, 3.05) is 16.8 Å². The molecule has 0 aliphatic heterocycles. The largest absolute Gasteiger partial charge is 0.351 e. The predicted octanol–water partition coefficient (Wildman–Crippen LogP) is 4.13. The van der Waals surface area contributed by atoms with Gasteiger partial charge in [0.1, 0.15) is 0 Å². The first-order valence-corrected chi connectivity index (χ1v) is 7.77. The Kier molecular flexibility index (Phi) is 4.79. The van der Waals surface area contributed by atoms with Crippen LogP contribution in [0.4, 0.5) is 10.2 Å². The van der Waals surface area contributed by atoms with Crippen LogP contribution in [0.3, 0.4) is 0 Å². The first-order chi connectivity index (χ1) is 8.22. The molecule has 1 saturated carbocycles. The number of pyridine rings is 1. The number of rotatable bonds is 5. The molecule has 5 heteroatoms. The maximum atomic E-state index is 13.9. The van der Waals surface area contributed by atoms with E-state index in [0.29, 0.717) is 16.3 Å². The van der Waals surface area contributed by atoms with Gasteiger partial charge in [0.2, 0.25) is 0 Å². The van der Waals surface area contributed by atoms with Crippen molar-refractivity contribution in [1.29, 1.82) is 0 Å². The maximum Gasteiger partial charge on any atom is 0.166 e. The summed E-state index contributed by atoms with van der Waals surface area (Å²) in [7, 11) is 0. The summed E-state index contributed by atoms with van der Waals surface area (Å²) >= 11 is 6.66. The normalized spacial score (nSPS) is 15.7. The SMILES string of the molecule is Fc1cc(Br)cnc1N(CCCBr)C1CCC1. The van der Waals surface area contributed by atoms with Gasteiger partial charge in [-0.3, -0.25) is 0 Å². The minimum absolute atomic E-state index is 0.235. The minimum Gasteiger partial charge on any atom is -0.351 e. The molecule has 94 valence electrons. The van der Waals surface area contributed by atoms with E-state index < -0.39 is 0 Å². The molecule has 0 atom stereocenters. The third-order valence-electron chi connectivity index (χ3n) is 3.11. The van der Waals surface area contributed by atoms with Gasteiger partial charge in [0.05, 0.1) is 0 Å². The molecule has 17 heavy (non-hydrogen) atoms. The number of hydrogen-bond donors (Lipinski definition) is 0. The summed E-state index contributed by atoms with van der Waals surface area (Å²) in [5.41, 5.74) is 0. The van der Waals surface area contributed by atoms with Gasteiger partial charge < -0.3 is 4.90 Å². The maximum absolute atomic E-state index is 13.9. The Balaban J connectivity index is 2.17. The fraction of sp³-hybridized carbons (Fsp3) is 0.583. The average Bonchev–Trinajstić information content (AvgIpc) is 2.22. The Bertz CT molecular complexity index is 383. The minimum atomic E-state index is -0.235. The smallest absolute Gasteiger partial charge is 0.166 e. The molecule has 0 bridgehead atoms. The van der Waals surface area contributed by atoms with Crippen molar-refractivity contribution >= 4 is 37.7 Å². The summed E-state index contributed by atoms with van der Waals surface area (Å²) < 4.78 is 14.6. The molecule has 1 aliphatic rings. The van der Waals surface area contributed by atoms with Crippen molar-refractivity contribution in [2.24, 2.45) is 0 Å². The standard InChI is InChI=1S/C12H15Br2FN2/c13-5-2-6-17(10-3-1-4-10)12-11(15)7-9(14)8-16-12/h7-8,10H,1-6H2. The predicted molar refractivity (Wildman–Crippen MR) is 75.3 cm³/mol. The van der Waals surface area contributed by atoms with E-state index in [2.05, 4.69) is 41.7 Å². The van der Waals surface area contributed by atoms with Crippen LogP contribution in [0.1, 0.15) is 25.7 Å². The molecule has 0 radical (unpaired) electrons.